The molecule has 1 fully saturated rings. The molecule has 6 heteroatoms. The third-order valence-corrected chi connectivity index (χ3v) is 4.46. The maximum absolute atomic E-state index is 12.8. The number of rotatable bonds is 2. The highest BCUT2D eigenvalue weighted by molar-refractivity contribution is 5.94. The summed E-state index contributed by atoms with van der Waals surface area (Å²) in [5, 5.41) is 15.6. The van der Waals surface area contributed by atoms with Crippen LogP contribution in [-0.4, -0.2) is 27.1 Å². The fourth-order valence-electron chi connectivity index (χ4n) is 3.30. The van der Waals surface area contributed by atoms with Crippen LogP contribution in [0.3, 0.4) is 0 Å². The fourth-order valence-corrected chi connectivity index (χ4v) is 3.30. The van der Waals surface area contributed by atoms with E-state index in [1.165, 1.54) is 12.4 Å². The second-order valence-electron chi connectivity index (χ2n) is 5.81. The van der Waals surface area contributed by atoms with Crippen molar-refractivity contribution in [3.63, 3.8) is 0 Å². The molecule has 1 saturated heterocycles. The Morgan fingerprint density at radius 1 is 1.36 bits per heavy atom. The van der Waals surface area contributed by atoms with Crippen LogP contribution in [0.1, 0.15) is 46.2 Å². The van der Waals surface area contributed by atoms with Gasteiger partial charge in [0.1, 0.15) is 0 Å². The Balaban J connectivity index is 1.93. The summed E-state index contributed by atoms with van der Waals surface area (Å²) in [5.41, 5.74) is 3.80. The van der Waals surface area contributed by atoms with Crippen LogP contribution in [0.15, 0.2) is 24.5 Å². The first kappa shape index (κ1) is 14.6. The summed E-state index contributed by atoms with van der Waals surface area (Å²) >= 11 is 0. The molecule has 0 bridgehead atoms. The summed E-state index contributed by atoms with van der Waals surface area (Å²) in [6.07, 6.45) is 4.66. The minimum Gasteiger partial charge on any atom is -0.619 e. The zero-order valence-corrected chi connectivity index (χ0v) is 13.1. The minimum absolute atomic E-state index is 0.0225. The molecule has 1 unspecified atom stereocenters. The van der Waals surface area contributed by atoms with Gasteiger partial charge in [-0.15, -0.1) is 0 Å². The van der Waals surface area contributed by atoms with Gasteiger partial charge in [0.25, 0.3) is 5.91 Å². The van der Waals surface area contributed by atoms with E-state index in [1.54, 1.807) is 12.1 Å². The van der Waals surface area contributed by atoms with Gasteiger partial charge in [-0.3, -0.25) is 9.48 Å². The van der Waals surface area contributed by atoms with Gasteiger partial charge < -0.3 is 10.1 Å². The number of carbonyl (C=O) groups excluding carboxylic acids is 1. The predicted molar refractivity (Wildman–Crippen MR) is 81.1 cm³/mol. The van der Waals surface area contributed by atoms with E-state index in [2.05, 4.69) is 5.10 Å². The Labute approximate surface area is 129 Å². The van der Waals surface area contributed by atoms with Crippen molar-refractivity contribution in [3.05, 3.63) is 52.2 Å². The molecule has 3 rings (SSSR count). The van der Waals surface area contributed by atoms with Gasteiger partial charge in [0, 0.05) is 37.0 Å². The third kappa shape index (κ3) is 2.34. The maximum Gasteiger partial charge on any atom is 0.254 e. The second kappa shape index (κ2) is 5.44. The van der Waals surface area contributed by atoms with Gasteiger partial charge in [0.15, 0.2) is 12.4 Å². The summed E-state index contributed by atoms with van der Waals surface area (Å²) in [6.45, 7) is 4.77. The van der Waals surface area contributed by atoms with Gasteiger partial charge >= 0.3 is 0 Å². The van der Waals surface area contributed by atoms with E-state index < -0.39 is 0 Å². The van der Waals surface area contributed by atoms with Crippen molar-refractivity contribution in [2.45, 2.75) is 32.7 Å². The number of hydrogen-bond donors (Lipinski definition) is 0. The standard InChI is InChI=1S/C16H20N4O2/c1-11-15(12(2)18(3)17-11)14-5-4-8-20(14)16(21)13-6-9-19(22)10-7-13/h6-7,9-10,14H,4-5,8H2,1-3H3. The molecule has 0 spiro atoms. The Morgan fingerprint density at radius 3 is 2.64 bits per heavy atom. The Hall–Kier alpha value is -2.37. The molecule has 0 aromatic carbocycles. The molecule has 1 atom stereocenters. The van der Waals surface area contributed by atoms with Gasteiger partial charge in [-0.2, -0.15) is 9.83 Å². The van der Waals surface area contributed by atoms with E-state index in [-0.39, 0.29) is 11.9 Å². The predicted octanol–water partition coefficient (Wildman–Crippen LogP) is 1.65. The van der Waals surface area contributed by atoms with Crippen LogP contribution in [0.4, 0.5) is 0 Å². The van der Waals surface area contributed by atoms with Crippen molar-refractivity contribution in [2.24, 2.45) is 7.05 Å². The Morgan fingerprint density at radius 2 is 2.05 bits per heavy atom. The molecule has 0 radical (unpaired) electrons. The van der Waals surface area contributed by atoms with Crippen molar-refractivity contribution >= 4 is 5.91 Å². The first-order valence-corrected chi connectivity index (χ1v) is 7.49. The molecule has 2 aromatic heterocycles. The highest BCUT2D eigenvalue weighted by Gasteiger charge is 2.34. The molecule has 1 amide bonds. The lowest BCUT2D eigenvalue weighted by atomic mass is 10.0. The molecule has 0 N–H and O–H groups in total. The lowest BCUT2D eigenvalue weighted by molar-refractivity contribution is -0.605. The van der Waals surface area contributed by atoms with Crippen LogP contribution >= 0.6 is 0 Å². The van der Waals surface area contributed by atoms with E-state index in [1.807, 2.05) is 30.5 Å². The number of aromatic nitrogens is 3. The van der Waals surface area contributed by atoms with Gasteiger partial charge in [0.2, 0.25) is 0 Å². The van der Waals surface area contributed by atoms with Gasteiger partial charge in [-0.05, 0) is 26.7 Å². The molecule has 0 saturated carbocycles. The highest BCUT2D eigenvalue weighted by atomic mass is 16.5. The van der Waals surface area contributed by atoms with Crippen LogP contribution in [-0.2, 0) is 7.05 Å². The van der Waals surface area contributed by atoms with Gasteiger partial charge in [-0.1, -0.05) is 0 Å². The summed E-state index contributed by atoms with van der Waals surface area (Å²) in [6, 6.07) is 3.22. The number of pyridine rings is 1. The molecule has 116 valence electrons. The number of aryl methyl sites for hydroxylation is 2. The third-order valence-electron chi connectivity index (χ3n) is 4.46. The lowest BCUT2D eigenvalue weighted by Crippen LogP contribution is -2.32. The van der Waals surface area contributed by atoms with Gasteiger partial charge in [0.05, 0.1) is 17.3 Å². The minimum atomic E-state index is -0.0225. The first-order valence-electron chi connectivity index (χ1n) is 7.49. The molecule has 1 aliphatic heterocycles. The molecule has 0 aliphatic carbocycles. The van der Waals surface area contributed by atoms with E-state index >= 15 is 0 Å². The maximum atomic E-state index is 12.8. The normalized spacial score (nSPS) is 18.0. The molecular weight excluding hydrogens is 280 g/mol. The van der Waals surface area contributed by atoms with Crippen LogP contribution < -0.4 is 4.73 Å². The molecule has 3 heterocycles. The van der Waals surface area contributed by atoms with Crippen molar-refractivity contribution < 1.29 is 9.52 Å². The van der Waals surface area contributed by atoms with Gasteiger partial charge in [-0.25, -0.2) is 0 Å². The van der Waals surface area contributed by atoms with Crippen LogP contribution in [0.2, 0.25) is 0 Å². The summed E-state index contributed by atoms with van der Waals surface area (Å²) < 4.78 is 2.56. The van der Waals surface area contributed by atoms with E-state index in [0.29, 0.717) is 10.3 Å². The molecule has 22 heavy (non-hydrogen) atoms. The Bertz CT molecular complexity index is 706. The summed E-state index contributed by atoms with van der Waals surface area (Å²) in [4.78, 5) is 14.7. The quantitative estimate of drug-likeness (QED) is 0.625. The number of amides is 1. The molecular formula is C16H20N4O2. The number of likely N-dealkylation sites (tertiary alicyclic amines) is 1. The van der Waals surface area contributed by atoms with Crippen LogP contribution in [0.5, 0.6) is 0 Å². The van der Waals surface area contributed by atoms with Crippen molar-refractivity contribution in [2.75, 3.05) is 6.54 Å². The monoisotopic (exact) mass is 300 g/mol. The number of nitrogens with zero attached hydrogens (tertiary/aromatic N) is 4. The fraction of sp³-hybridized carbons (Fsp3) is 0.438. The molecule has 1 aliphatic rings. The van der Waals surface area contributed by atoms with Crippen molar-refractivity contribution in [1.82, 2.24) is 14.7 Å². The SMILES string of the molecule is Cc1nn(C)c(C)c1C1CCCN1C(=O)c1cc[n+]([O-])cc1. The summed E-state index contributed by atoms with van der Waals surface area (Å²) in [7, 11) is 1.93. The zero-order valence-electron chi connectivity index (χ0n) is 13.1. The van der Waals surface area contributed by atoms with Crippen LogP contribution in [0.25, 0.3) is 0 Å². The lowest BCUT2D eigenvalue weighted by Gasteiger charge is -2.25. The molecule has 6 nitrogen and oxygen atoms in total. The average molecular weight is 300 g/mol. The van der Waals surface area contributed by atoms with E-state index in [9.17, 15) is 10.0 Å². The summed E-state index contributed by atoms with van der Waals surface area (Å²) in [5.74, 6) is -0.0225. The number of hydrogen-bond acceptors (Lipinski definition) is 3. The first-order chi connectivity index (χ1) is 10.5. The topological polar surface area (TPSA) is 65.1 Å². The van der Waals surface area contributed by atoms with E-state index in [0.717, 1.165) is 36.3 Å². The van der Waals surface area contributed by atoms with Crippen LogP contribution in [0, 0.1) is 19.1 Å². The second-order valence-corrected chi connectivity index (χ2v) is 5.81. The van der Waals surface area contributed by atoms with Crippen molar-refractivity contribution in [1.29, 1.82) is 0 Å². The zero-order chi connectivity index (χ0) is 15.9. The largest absolute Gasteiger partial charge is 0.619 e. The molecule has 2 aromatic rings. The Kier molecular flexibility index (Phi) is 3.60. The highest BCUT2D eigenvalue weighted by Crippen LogP contribution is 2.36. The average Bonchev–Trinajstić information content (AvgIpc) is 3.04. The number of carbonyl (C=O) groups is 1. The smallest absolute Gasteiger partial charge is 0.254 e. The van der Waals surface area contributed by atoms with Crippen molar-refractivity contribution in [3.8, 4) is 0 Å². The van der Waals surface area contributed by atoms with E-state index in [4.69, 9.17) is 0 Å².